The highest BCUT2D eigenvalue weighted by atomic mass is 32.1. The highest BCUT2D eigenvalue weighted by Crippen LogP contribution is 2.29. The van der Waals surface area contributed by atoms with Crippen LogP contribution in [0, 0.1) is 5.95 Å². The molecule has 134 valence electrons. The number of amides is 1. The van der Waals surface area contributed by atoms with Crippen LogP contribution in [0.15, 0.2) is 72.9 Å². The number of hydrogen-bond acceptors (Lipinski definition) is 4. The third-order valence-electron chi connectivity index (χ3n) is 4.20. The summed E-state index contributed by atoms with van der Waals surface area (Å²) in [6, 6.07) is 20.4. The van der Waals surface area contributed by atoms with Crippen LogP contribution in [0.1, 0.15) is 15.9 Å². The first-order valence-corrected chi connectivity index (χ1v) is 9.35. The van der Waals surface area contributed by atoms with Gasteiger partial charge in [-0.05, 0) is 36.2 Å². The first kappa shape index (κ1) is 17.3. The summed E-state index contributed by atoms with van der Waals surface area (Å²) in [6.45, 7) is 0.472. The van der Waals surface area contributed by atoms with Gasteiger partial charge in [0, 0.05) is 12.7 Å². The molecule has 0 atom stereocenters. The maximum absolute atomic E-state index is 13.1. The molecular formula is C21H16FN3OS. The Morgan fingerprint density at radius 1 is 1.00 bits per heavy atom. The van der Waals surface area contributed by atoms with E-state index in [0.29, 0.717) is 23.7 Å². The minimum absolute atomic E-state index is 0.238. The van der Waals surface area contributed by atoms with E-state index in [2.05, 4.69) is 9.97 Å². The fourth-order valence-electron chi connectivity index (χ4n) is 2.80. The Morgan fingerprint density at radius 2 is 1.78 bits per heavy atom. The SMILES string of the molecule is O=C(c1ccc(F)nc1)N(CCc1ccccc1)c1nc2ccccc2s1. The molecule has 0 aliphatic carbocycles. The lowest BCUT2D eigenvalue weighted by Gasteiger charge is -2.20. The Kier molecular flexibility index (Phi) is 4.89. The van der Waals surface area contributed by atoms with Crippen LogP contribution >= 0.6 is 11.3 Å². The molecule has 1 amide bonds. The molecule has 2 aromatic carbocycles. The third-order valence-corrected chi connectivity index (χ3v) is 5.26. The van der Waals surface area contributed by atoms with E-state index >= 15 is 0 Å². The van der Waals surface area contributed by atoms with Gasteiger partial charge in [0.1, 0.15) is 0 Å². The normalized spacial score (nSPS) is 10.9. The number of carbonyl (C=O) groups excluding carboxylic acids is 1. The molecule has 0 saturated heterocycles. The molecule has 6 heteroatoms. The standard InChI is InChI=1S/C21H16FN3OS/c22-19-11-10-16(14-23-19)20(26)25(13-12-15-6-2-1-3-7-15)21-24-17-8-4-5-9-18(17)27-21/h1-11,14H,12-13H2. The smallest absolute Gasteiger partial charge is 0.261 e. The van der Waals surface area contributed by atoms with Crippen molar-refractivity contribution in [3.63, 3.8) is 0 Å². The van der Waals surface area contributed by atoms with Crippen molar-refractivity contribution in [3.8, 4) is 0 Å². The maximum Gasteiger partial charge on any atom is 0.261 e. The van der Waals surface area contributed by atoms with Gasteiger partial charge < -0.3 is 0 Å². The summed E-state index contributed by atoms with van der Waals surface area (Å²) < 4.78 is 14.2. The molecule has 4 nitrogen and oxygen atoms in total. The fraction of sp³-hybridized carbons (Fsp3) is 0.0952. The zero-order valence-electron chi connectivity index (χ0n) is 14.4. The van der Waals surface area contributed by atoms with Gasteiger partial charge in [0.15, 0.2) is 5.13 Å². The molecule has 2 aromatic heterocycles. The van der Waals surface area contributed by atoms with Crippen LogP contribution in [0.5, 0.6) is 0 Å². The van der Waals surface area contributed by atoms with Crippen molar-refractivity contribution in [2.24, 2.45) is 0 Å². The second-order valence-electron chi connectivity index (χ2n) is 6.03. The fourth-order valence-corrected chi connectivity index (χ4v) is 3.79. The summed E-state index contributed by atoms with van der Waals surface area (Å²) in [5.74, 6) is -0.847. The number of nitrogens with zero attached hydrogens (tertiary/aromatic N) is 3. The van der Waals surface area contributed by atoms with Gasteiger partial charge in [-0.3, -0.25) is 9.69 Å². The number of aromatic nitrogens is 2. The second-order valence-corrected chi connectivity index (χ2v) is 7.04. The van der Waals surface area contributed by atoms with Gasteiger partial charge in [0.05, 0.1) is 15.8 Å². The van der Waals surface area contributed by atoms with E-state index in [1.807, 2.05) is 54.6 Å². The molecule has 4 rings (SSSR count). The van der Waals surface area contributed by atoms with Crippen LogP contribution < -0.4 is 4.90 Å². The number of rotatable bonds is 5. The summed E-state index contributed by atoms with van der Waals surface area (Å²) in [5.41, 5.74) is 2.32. The van der Waals surface area contributed by atoms with Crippen LogP contribution in [0.25, 0.3) is 10.2 Å². The molecule has 4 aromatic rings. The lowest BCUT2D eigenvalue weighted by atomic mass is 10.1. The van der Waals surface area contributed by atoms with Crippen LogP contribution in [0.4, 0.5) is 9.52 Å². The van der Waals surface area contributed by atoms with E-state index in [1.165, 1.54) is 29.7 Å². The van der Waals surface area contributed by atoms with Gasteiger partial charge in [-0.15, -0.1) is 0 Å². The number of fused-ring (bicyclic) bond motifs is 1. The Hall–Kier alpha value is -3.12. The summed E-state index contributed by atoms with van der Waals surface area (Å²) in [6.07, 6.45) is 1.96. The van der Waals surface area contributed by atoms with Gasteiger partial charge >= 0.3 is 0 Å². The molecule has 2 heterocycles. The third kappa shape index (κ3) is 3.85. The average molecular weight is 377 g/mol. The quantitative estimate of drug-likeness (QED) is 0.473. The second kappa shape index (κ2) is 7.63. The molecule has 0 saturated carbocycles. The lowest BCUT2D eigenvalue weighted by Crippen LogP contribution is -2.33. The number of pyridine rings is 1. The topological polar surface area (TPSA) is 46.1 Å². The molecule has 27 heavy (non-hydrogen) atoms. The van der Waals surface area contributed by atoms with Gasteiger partial charge in [0.25, 0.3) is 5.91 Å². The monoisotopic (exact) mass is 377 g/mol. The number of thiazole rings is 1. The van der Waals surface area contributed by atoms with E-state index < -0.39 is 5.95 Å². The number of hydrogen-bond donors (Lipinski definition) is 0. The molecule has 0 aliphatic rings. The van der Waals surface area contributed by atoms with E-state index in [-0.39, 0.29) is 5.91 Å². The van der Waals surface area contributed by atoms with E-state index in [9.17, 15) is 9.18 Å². The zero-order valence-corrected chi connectivity index (χ0v) is 15.2. The largest absolute Gasteiger partial charge is 0.284 e. The molecule has 0 N–H and O–H groups in total. The van der Waals surface area contributed by atoms with Crippen molar-refractivity contribution in [2.75, 3.05) is 11.4 Å². The molecular weight excluding hydrogens is 361 g/mol. The van der Waals surface area contributed by atoms with Crippen molar-refractivity contribution in [3.05, 3.63) is 90.0 Å². The van der Waals surface area contributed by atoms with Crippen LogP contribution in [0.3, 0.4) is 0 Å². The molecule has 0 bridgehead atoms. The number of benzene rings is 2. The predicted molar refractivity (Wildman–Crippen MR) is 106 cm³/mol. The van der Waals surface area contributed by atoms with Crippen molar-refractivity contribution >= 4 is 32.6 Å². The van der Waals surface area contributed by atoms with Crippen molar-refractivity contribution in [1.29, 1.82) is 0 Å². The number of para-hydroxylation sites is 1. The van der Waals surface area contributed by atoms with Crippen LogP contribution in [-0.4, -0.2) is 22.4 Å². The molecule has 0 aliphatic heterocycles. The van der Waals surface area contributed by atoms with Crippen LogP contribution in [0.2, 0.25) is 0 Å². The molecule has 0 radical (unpaired) electrons. The van der Waals surface area contributed by atoms with E-state index in [1.54, 1.807) is 4.90 Å². The van der Waals surface area contributed by atoms with Crippen molar-refractivity contribution < 1.29 is 9.18 Å². The molecule has 0 spiro atoms. The number of carbonyl (C=O) groups is 1. The Balaban J connectivity index is 1.67. The number of anilines is 1. The Morgan fingerprint density at radius 3 is 2.52 bits per heavy atom. The van der Waals surface area contributed by atoms with Crippen molar-refractivity contribution in [1.82, 2.24) is 9.97 Å². The minimum atomic E-state index is -0.609. The predicted octanol–water partition coefficient (Wildman–Crippen LogP) is 4.72. The first-order valence-electron chi connectivity index (χ1n) is 8.53. The molecule has 0 unspecified atom stereocenters. The van der Waals surface area contributed by atoms with Crippen LogP contribution in [-0.2, 0) is 6.42 Å². The van der Waals surface area contributed by atoms with Gasteiger partial charge in [-0.2, -0.15) is 4.39 Å². The first-order chi connectivity index (χ1) is 13.2. The Bertz CT molecular complexity index is 1030. The van der Waals surface area contributed by atoms with Crippen molar-refractivity contribution in [2.45, 2.75) is 6.42 Å². The lowest BCUT2D eigenvalue weighted by molar-refractivity contribution is 0.0987. The zero-order chi connectivity index (χ0) is 18.6. The highest BCUT2D eigenvalue weighted by molar-refractivity contribution is 7.22. The molecule has 0 fully saturated rings. The Labute approximate surface area is 159 Å². The van der Waals surface area contributed by atoms with Gasteiger partial charge in [0.2, 0.25) is 5.95 Å². The van der Waals surface area contributed by atoms with Gasteiger partial charge in [-0.1, -0.05) is 53.8 Å². The summed E-state index contributed by atoms with van der Waals surface area (Å²) in [5, 5.41) is 0.626. The number of halogens is 1. The maximum atomic E-state index is 13.1. The van der Waals surface area contributed by atoms with E-state index in [4.69, 9.17) is 0 Å². The summed E-state index contributed by atoms with van der Waals surface area (Å²) in [7, 11) is 0. The van der Waals surface area contributed by atoms with Gasteiger partial charge in [-0.25, -0.2) is 9.97 Å². The minimum Gasteiger partial charge on any atom is -0.284 e. The average Bonchev–Trinajstić information content (AvgIpc) is 3.13. The summed E-state index contributed by atoms with van der Waals surface area (Å²) in [4.78, 5) is 23.0. The highest BCUT2D eigenvalue weighted by Gasteiger charge is 2.21. The van der Waals surface area contributed by atoms with E-state index in [0.717, 1.165) is 15.8 Å². The summed E-state index contributed by atoms with van der Waals surface area (Å²) >= 11 is 1.47.